The van der Waals surface area contributed by atoms with Crippen LogP contribution in [-0.4, -0.2) is 21.9 Å². The van der Waals surface area contributed by atoms with Gasteiger partial charge in [0.2, 0.25) is 0 Å². The van der Waals surface area contributed by atoms with Gasteiger partial charge in [-0.05, 0) is 6.08 Å². The van der Waals surface area contributed by atoms with E-state index in [1.807, 2.05) is 0 Å². The molecule has 0 bridgehead atoms. The maximum Gasteiger partial charge on any atom is 0.147 e. The van der Waals surface area contributed by atoms with Gasteiger partial charge >= 0.3 is 0 Å². The highest BCUT2D eigenvalue weighted by Gasteiger charge is 1.83. The van der Waals surface area contributed by atoms with Crippen LogP contribution in [0.25, 0.3) is 6.08 Å². The maximum absolute atomic E-state index is 11.4. The number of halogens is 1. The van der Waals surface area contributed by atoms with Crippen LogP contribution < -0.4 is 0 Å². The molecule has 0 atom stereocenters. The zero-order chi connectivity index (χ0) is 6.53. The molecule has 0 amide bonds. The largest absolute Gasteiger partial charge is 0.260 e. The number of nitrogens with one attached hydrogen (secondary N) is 1. The van der Waals surface area contributed by atoms with Crippen molar-refractivity contribution >= 4 is 6.08 Å². The van der Waals surface area contributed by atoms with Crippen molar-refractivity contribution in [2.45, 2.75) is 0 Å². The summed E-state index contributed by atoms with van der Waals surface area (Å²) in [6.07, 6.45) is 4.27. The average molecular weight is 127 g/mol. The maximum atomic E-state index is 11.4. The highest BCUT2D eigenvalue weighted by molar-refractivity contribution is 5.38. The van der Waals surface area contributed by atoms with E-state index in [9.17, 15) is 4.39 Å². The molecule has 0 aliphatic heterocycles. The van der Waals surface area contributed by atoms with Gasteiger partial charge in [-0.1, -0.05) is 6.08 Å². The Labute approximate surface area is 51.6 Å². The number of aromatic nitrogens is 3. The highest BCUT2D eigenvalue weighted by Crippen LogP contribution is 1.88. The summed E-state index contributed by atoms with van der Waals surface area (Å²) in [5, 5.41) is 6.12. The minimum atomic E-state index is -0.472. The fourth-order valence-electron chi connectivity index (χ4n) is 0.451. The summed E-state index contributed by atoms with van der Waals surface area (Å²) in [6.45, 7) is -0.472. The fraction of sp³-hybridized carbons (Fsp3) is 0.200. The molecule has 0 radical (unpaired) electrons. The Bertz CT molecular complexity index is 180. The van der Waals surface area contributed by atoms with Gasteiger partial charge in [-0.15, -0.1) is 0 Å². The Morgan fingerprint density at radius 1 is 1.78 bits per heavy atom. The number of rotatable bonds is 2. The minimum Gasteiger partial charge on any atom is -0.260 e. The summed E-state index contributed by atoms with van der Waals surface area (Å²) in [7, 11) is 0. The van der Waals surface area contributed by atoms with Crippen molar-refractivity contribution in [3.05, 3.63) is 18.2 Å². The van der Waals surface area contributed by atoms with Crippen molar-refractivity contribution in [2.24, 2.45) is 0 Å². The van der Waals surface area contributed by atoms with Crippen molar-refractivity contribution in [1.29, 1.82) is 0 Å². The molecule has 4 heteroatoms. The van der Waals surface area contributed by atoms with Crippen LogP contribution in [0.2, 0.25) is 0 Å². The number of H-pyrrole nitrogens is 1. The van der Waals surface area contributed by atoms with Crippen molar-refractivity contribution < 1.29 is 4.39 Å². The summed E-state index contributed by atoms with van der Waals surface area (Å²) < 4.78 is 11.4. The zero-order valence-electron chi connectivity index (χ0n) is 4.71. The van der Waals surface area contributed by atoms with Crippen LogP contribution in [0.3, 0.4) is 0 Å². The molecule has 0 saturated heterocycles. The molecule has 0 fully saturated rings. The lowest BCUT2D eigenvalue weighted by molar-refractivity contribution is 0.563. The summed E-state index contributed by atoms with van der Waals surface area (Å²) in [5.41, 5.74) is 0. The monoisotopic (exact) mass is 127 g/mol. The molecule has 1 heterocycles. The van der Waals surface area contributed by atoms with Crippen LogP contribution in [-0.2, 0) is 0 Å². The van der Waals surface area contributed by atoms with Gasteiger partial charge < -0.3 is 0 Å². The molecule has 1 rings (SSSR count). The summed E-state index contributed by atoms with van der Waals surface area (Å²) in [5.74, 6) is 0.577. The van der Waals surface area contributed by atoms with Crippen molar-refractivity contribution in [3.8, 4) is 0 Å². The molecule has 0 aliphatic carbocycles. The molecule has 0 aliphatic rings. The third kappa shape index (κ3) is 1.64. The van der Waals surface area contributed by atoms with E-state index in [0.717, 1.165) is 0 Å². The van der Waals surface area contributed by atoms with E-state index in [2.05, 4.69) is 15.2 Å². The van der Waals surface area contributed by atoms with Crippen LogP contribution in [0.5, 0.6) is 0 Å². The second-order valence-corrected chi connectivity index (χ2v) is 1.43. The smallest absolute Gasteiger partial charge is 0.147 e. The second-order valence-electron chi connectivity index (χ2n) is 1.43. The van der Waals surface area contributed by atoms with Gasteiger partial charge in [0.1, 0.15) is 18.8 Å². The van der Waals surface area contributed by atoms with Gasteiger partial charge in [0.05, 0.1) is 0 Å². The Morgan fingerprint density at radius 3 is 3.22 bits per heavy atom. The van der Waals surface area contributed by atoms with Gasteiger partial charge in [0.15, 0.2) is 0 Å². The normalized spacial score (nSPS) is 10.8. The van der Waals surface area contributed by atoms with E-state index in [4.69, 9.17) is 0 Å². The standard InChI is InChI=1S/C5H6FN3/c6-3-1-2-5-7-4-8-9-5/h1-2,4H,3H2,(H,7,8,9). The number of hydrogen-bond acceptors (Lipinski definition) is 2. The van der Waals surface area contributed by atoms with E-state index >= 15 is 0 Å². The first kappa shape index (κ1) is 5.94. The van der Waals surface area contributed by atoms with Crippen LogP contribution in [0.1, 0.15) is 5.82 Å². The van der Waals surface area contributed by atoms with Crippen molar-refractivity contribution in [2.75, 3.05) is 6.67 Å². The first-order valence-electron chi connectivity index (χ1n) is 2.51. The van der Waals surface area contributed by atoms with Crippen molar-refractivity contribution in [1.82, 2.24) is 15.2 Å². The molecular formula is C5H6FN3. The van der Waals surface area contributed by atoms with Gasteiger partial charge in [0.25, 0.3) is 0 Å². The number of hydrogen-bond donors (Lipinski definition) is 1. The minimum absolute atomic E-state index is 0.472. The SMILES string of the molecule is FCC=Cc1ncn[nH]1. The summed E-state index contributed by atoms with van der Waals surface area (Å²) in [4.78, 5) is 3.73. The number of alkyl halides is 1. The Morgan fingerprint density at radius 2 is 2.67 bits per heavy atom. The van der Waals surface area contributed by atoms with Crippen molar-refractivity contribution in [3.63, 3.8) is 0 Å². The topological polar surface area (TPSA) is 41.6 Å². The molecule has 9 heavy (non-hydrogen) atoms. The van der Waals surface area contributed by atoms with Crippen LogP contribution in [0, 0.1) is 0 Å². The predicted molar refractivity (Wildman–Crippen MR) is 31.4 cm³/mol. The van der Waals surface area contributed by atoms with E-state index in [-0.39, 0.29) is 0 Å². The summed E-state index contributed by atoms with van der Waals surface area (Å²) >= 11 is 0. The van der Waals surface area contributed by atoms with E-state index in [0.29, 0.717) is 5.82 Å². The fourth-order valence-corrected chi connectivity index (χ4v) is 0.451. The van der Waals surface area contributed by atoms with Gasteiger partial charge in [0, 0.05) is 0 Å². The van der Waals surface area contributed by atoms with E-state index < -0.39 is 6.67 Å². The molecule has 0 saturated carbocycles. The van der Waals surface area contributed by atoms with E-state index in [1.165, 1.54) is 18.5 Å². The molecule has 1 aromatic rings. The summed E-state index contributed by atoms with van der Waals surface area (Å²) in [6, 6.07) is 0. The quantitative estimate of drug-likeness (QED) is 0.638. The molecule has 48 valence electrons. The third-order valence-corrected chi connectivity index (χ3v) is 0.798. The number of aromatic amines is 1. The first-order valence-corrected chi connectivity index (χ1v) is 2.51. The number of allylic oxidation sites excluding steroid dienone is 1. The highest BCUT2D eigenvalue weighted by atomic mass is 19.1. The third-order valence-electron chi connectivity index (χ3n) is 0.798. The number of nitrogens with zero attached hydrogens (tertiary/aromatic N) is 2. The predicted octanol–water partition coefficient (Wildman–Crippen LogP) is 0.787. The lowest BCUT2D eigenvalue weighted by Crippen LogP contribution is -1.73. The molecule has 1 N–H and O–H groups in total. The van der Waals surface area contributed by atoms with E-state index in [1.54, 1.807) is 0 Å². The van der Waals surface area contributed by atoms with Gasteiger partial charge in [-0.3, -0.25) is 5.10 Å². The van der Waals surface area contributed by atoms with Gasteiger partial charge in [-0.2, -0.15) is 5.10 Å². The zero-order valence-corrected chi connectivity index (χ0v) is 4.71. The molecule has 0 aromatic carbocycles. The first-order chi connectivity index (χ1) is 4.43. The van der Waals surface area contributed by atoms with Crippen LogP contribution in [0.4, 0.5) is 4.39 Å². The van der Waals surface area contributed by atoms with Gasteiger partial charge in [-0.25, -0.2) is 9.37 Å². The average Bonchev–Trinajstić information content (AvgIpc) is 2.34. The molecule has 1 aromatic heterocycles. The lowest BCUT2D eigenvalue weighted by atomic mass is 10.5. The van der Waals surface area contributed by atoms with Crippen LogP contribution >= 0.6 is 0 Å². The van der Waals surface area contributed by atoms with Crippen LogP contribution in [0.15, 0.2) is 12.4 Å². The Balaban J connectivity index is 2.57. The molecule has 0 spiro atoms. The molecule has 3 nitrogen and oxygen atoms in total. The Hall–Kier alpha value is -1.19. The Kier molecular flexibility index (Phi) is 1.95. The second kappa shape index (κ2) is 2.96. The lowest BCUT2D eigenvalue weighted by Gasteiger charge is -1.76. The molecule has 0 unspecified atom stereocenters. The molecular weight excluding hydrogens is 121 g/mol.